The van der Waals surface area contributed by atoms with Crippen LogP contribution < -0.4 is 15.5 Å². The summed E-state index contributed by atoms with van der Waals surface area (Å²) in [5, 5.41) is 6.10. The van der Waals surface area contributed by atoms with Crippen LogP contribution in [0.1, 0.15) is 6.92 Å². The first-order valence-electron chi connectivity index (χ1n) is 6.39. The van der Waals surface area contributed by atoms with Gasteiger partial charge in [0.1, 0.15) is 5.82 Å². The molecule has 0 aliphatic carbocycles. The van der Waals surface area contributed by atoms with Gasteiger partial charge in [0.2, 0.25) is 17.8 Å². The minimum Gasteiger partial charge on any atom is -0.354 e. The highest BCUT2D eigenvalue weighted by Gasteiger charge is 2.09. The van der Waals surface area contributed by atoms with Gasteiger partial charge in [0.25, 0.3) is 0 Å². The predicted octanol–water partition coefficient (Wildman–Crippen LogP) is 3.01. The summed E-state index contributed by atoms with van der Waals surface area (Å²) in [7, 11) is 3.70. The van der Waals surface area contributed by atoms with Crippen molar-refractivity contribution in [2.75, 3.05) is 36.2 Å². The van der Waals surface area contributed by atoms with Crippen molar-refractivity contribution in [3.05, 3.63) is 28.5 Å². The Morgan fingerprint density at radius 1 is 1.19 bits per heavy atom. The van der Waals surface area contributed by atoms with Gasteiger partial charge in [-0.15, -0.1) is 0 Å². The Kier molecular flexibility index (Phi) is 4.89. The number of nitrogens with one attached hydrogen (secondary N) is 2. The molecule has 0 aliphatic heterocycles. The summed E-state index contributed by atoms with van der Waals surface area (Å²) in [6.07, 6.45) is 0. The van der Waals surface area contributed by atoms with Crippen molar-refractivity contribution < 1.29 is 4.39 Å². The molecule has 1 aromatic carbocycles. The van der Waals surface area contributed by atoms with Crippen molar-refractivity contribution in [1.29, 1.82) is 0 Å². The van der Waals surface area contributed by atoms with Crippen molar-refractivity contribution in [3.63, 3.8) is 0 Å². The van der Waals surface area contributed by atoms with Crippen molar-refractivity contribution in [3.8, 4) is 0 Å². The monoisotopic (exact) mass is 354 g/mol. The first-order chi connectivity index (χ1) is 9.99. The molecule has 0 saturated carbocycles. The molecular weight excluding hydrogens is 339 g/mol. The summed E-state index contributed by atoms with van der Waals surface area (Å²) in [5.74, 6) is 1.08. The largest absolute Gasteiger partial charge is 0.354 e. The van der Waals surface area contributed by atoms with Crippen LogP contribution in [0.25, 0.3) is 0 Å². The Labute approximate surface area is 130 Å². The second-order valence-electron chi connectivity index (χ2n) is 4.46. The molecule has 2 N–H and O–H groups in total. The third-order valence-electron chi connectivity index (χ3n) is 2.54. The number of hydrogen-bond donors (Lipinski definition) is 2. The number of rotatable bonds is 5. The second kappa shape index (κ2) is 6.66. The van der Waals surface area contributed by atoms with Gasteiger partial charge in [0.05, 0.1) is 5.69 Å². The minimum absolute atomic E-state index is 0.314. The highest BCUT2D eigenvalue weighted by molar-refractivity contribution is 9.10. The molecule has 0 atom stereocenters. The van der Waals surface area contributed by atoms with Gasteiger partial charge in [-0.25, -0.2) is 4.39 Å². The number of benzene rings is 1. The molecule has 0 unspecified atom stereocenters. The van der Waals surface area contributed by atoms with E-state index < -0.39 is 0 Å². The van der Waals surface area contributed by atoms with Gasteiger partial charge >= 0.3 is 0 Å². The van der Waals surface area contributed by atoms with Crippen LogP contribution in [-0.4, -0.2) is 35.6 Å². The van der Waals surface area contributed by atoms with Crippen LogP contribution in [-0.2, 0) is 0 Å². The Morgan fingerprint density at radius 3 is 2.52 bits per heavy atom. The zero-order valence-electron chi connectivity index (χ0n) is 12.0. The molecule has 1 heterocycles. The van der Waals surface area contributed by atoms with Crippen LogP contribution in [0.5, 0.6) is 0 Å². The fourth-order valence-corrected chi connectivity index (χ4v) is 2.02. The molecule has 1 aromatic heterocycles. The van der Waals surface area contributed by atoms with Crippen molar-refractivity contribution in [2.24, 2.45) is 0 Å². The number of nitrogens with zero attached hydrogens (tertiary/aromatic N) is 4. The summed E-state index contributed by atoms with van der Waals surface area (Å²) in [4.78, 5) is 14.7. The highest BCUT2D eigenvalue weighted by Crippen LogP contribution is 2.26. The third-order valence-corrected chi connectivity index (χ3v) is 3.19. The Morgan fingerprint density at radius 2 is 1.90 bits per heavy atom. The maximum atomic E-state index is 13.1. The van der Waals surface area contributed by atoms with E-state index in [2.05, 4.69) is 41.5 Å². The molecule has 21 heavy (non-hydrogen) atoms. The maximum Gasteiger partial charge on any atom is 0.233 e. The lowest BCUT2D eigenvalue weighted by atomic mass is 10.3. The zero-order valence-corrected chi connectivity index (χ0v) is 13.6. The second-order valence-corrected chi connectivity index (χ2v) is 5.31. The molecule has 6 nitrogen and oxygen atoms in total. The van der Waals surface area contributed by atoms with Crippen LogP contribution in [0.15, 0.2) is 22.7 Å². The average molecular weight is 355 g/mol. The van der Waals surface area contributed by atoms with Gasteiger partial charge < -0.3 is 15.5 Å². The van der Waals surface area contributed by atoms with E-state index in [1.165, 1.54) is 12.1 Å². The van der Waals surface area contributed by atoms with Gasteiger partial charge in [-0.1, -0.05) is 0 Å². The first-order valence-corrected chi connectivity index (χ1v) is 7.18. The molecule has 112 valence electrons. The number of hydrogen-bond acceptors (Lipinski definition) is 6. The van der Waals surface area contributed by atoms with E-state index >= 15 is 0 Å². The van der Waals surface area contributed by atoms with Crippen molar-refractivity contribution >= 4 is 39.5 Å². The molecule has 8 heteroatoms. The Bertz CT molecular complexity index is 634. The van der Waals surface area contributed by atoms with Crippen LogP contribution >= 0.6 is 15.9 Å². The normalized spacial score (nSPS) is 10.3. The van der Waals surface area contributed by atoms with E-state index in [1.54, 1.807) is 11.0 Å². The summed E-state index contributed by atoms with van der Waals surface area (Å²) < 4.78 is 13.7. The topological polar surface area (TPSA) is 66.0 Å². The molecule has 0 aliphatic rings. The minimum atomic E-state index is -0.314. The molecule has 0 spiro atoms. The fourth-order valence-electron chi connectivity index (χ4n) is 1.57. The molecular formula is C13H16BrFN6. The predicted molar refractivity (Wildman–Crippen MR) is 85.7 cm³/mol. The standard InChI is InChI=1S/C13H16BrFN6/c1-4-16-11-18-12(20-13(19-11)21(2)3)17-10-6-5-8(15)7-9(10)14/h5-7H,4H2,1-3H3,(H2,16,17,18,19,20). The van der Waals surface area contributed by atoms with Crippen LogP contribution in [0.3, 0.4) is 0 Å². The average Bonchev–Trinajstić information content (AvgIpc) is 2.42. The quantitative estimate of drug-likeness (QED) is 0.860. The summed E-state index contributed by atoms with van der Waals surface area (Å²) in [6, 6.07) is 4.36. The van der Waals surface area contributed by atoms with E-state index in [1.807, 2.05) is 21.0 Å². The van der Waals surface area contributed by atoms with E-state index in [-0.39, 0.29) is 5.82 Å². The Hall–Kier alpha value is -1.96. The molecule has 0 amide bonds. The molecule has 2 aromatic rings. The fraction of sp³-hybridized carbons (Fsp3) is 0.308. The number of halogens is 2. The van der Waals surface area contributed by atoms with Crippen LogP contribution in [0.4, 0.5) is 27.9 Å². The van der Waals surface area contributed by atoms with Gasteiger partial charge in [-0.05, 0) is 41.1 Å². The number of anilines is 4. The molecule has 0 saturated heterocycles. The lowest BCUT2D eigenvalue weighted by Crippen LogP contribution is -2.16. The van der Waals surface area contributed by atoms with Crippen LogP contribution in [0, 0.1) is 5.82 Å². The van der Waals surface area contributed by atoms with E-state index in [9.17, 15) is 4.39 Å². The van der Waals surface area contributed by atoms with Gasteiger partial charge in [0, 0.05) is 25.1 Å². The molecule has 0 fully saturated rings. The Balaban J connectivity index is 2.33. The SMILES string of the molecule is CCNc1nc(Nc2ccc(F)cc2Br)nc(N(C)C)n1. The van der Waals surface area contributed by atoms with Gasteiger partial charge in [-0.2, -0.15) is 15.0 Å². The van der Waals surface area contributed by atoms with Gasteiger partial charge in [-0.3, -0.25) is 0 Å². The summed E-state index contributed by atoms with van der Waals surface area (Å²) >= 11 is 3.30. The van der Waals surface area contributed by atoms with Crippen molar-refractivity contribution in [1.82, 2.24) is 15.0 Å². The lowest BCUT2D eigenvalue weighted by molar-refractivity contribution is 0.627. The maximum absolute atomic E-state index is 13.1. The molecule has 0 bridgehead atoms. The first kappa shape index (κ1) is 15.4. The zero-order chi connectivity index (χ0) is 15.4. The lowest BCUT2D eigenvalue weighted by Gasteiger charge is -2.14. The van der Waals surface area contributed by atoms with E-state index in [0.717, 1.165) is 0 Å². The van der Waals surface area contributed by atoms with Crippen molar-refractivity contribution in [2.45, 2.75) is 6.92 Å². The summed E-state index contributed by atoms with van der Waals surface area (Å²) in [6.45, 7) is 2.67. The highest BCUT2D eigenvalue weighted by atomic mass is 79.9. The van der Waals surface area contributed by atoms with Gasteiger partial charge in [0.15, 0.2) is 0 Å². The van der Waals surface area contributed by atoms with Crippen LogP contribution in [0.2, 0.25) is 0 Å². The smallest absolute Gasteiger partial charge is 0.233 e. The number of aromatic nitrogens is 3. The van der Waals surface area contributed by atoms with E-state index in [0.29, 0.717) is 34.5 Å². The van der Waals surface area contributed by atoms with E-state index in [4.69, 9.17) is 0 Å². The third kappa shape index (κ3) is 4.01. The molecule has 0 radical (unpaired) electrons. The summed E-state index contributed by atoms with van der Waals surface area (Å²) in [5.41, 5.74) is 0.676. The molecule has 2 rings (SSSR count).